The lowest BCUT2D eigenvalue weighted by Crippen LogP contribution is -2.33. The molecule has 0 saturated carbocycles. The van der Waals surface area contributed by atoms with Crippen molar-refractivity contribution < 1.29 is 18.1 Å². The third kappa shape index (κ3) is 2.96. The minimum absolute atomic E-state index is 0.405. The fraction of sp³-hybridized carbons (Fsp3) is 0.417. The van der Waals surface area contributed by atoms with E-state index < -0.39 is 37.0 Å². The number of sulfone groups is 1. The Kier molecular flexibility index (Phi) is 4.03. The Morgan fingerprint density at radius 3 is 2.45 bits per heavy atom. The van der Waals surface area contributed by atoms with Crippen LogP contribution in [0.15, 0.2) is 29.2 Å². The number of likely N-dealkylation sites (tertiary alicyclic amines) is 1. The normalized spacial score (nSPS) is 15.3. The van der Waals surface area contributed by atoms with Gasteiger partial charge in [0, 0.05) is 19.2 Å². The Hall–Kier alpha value is -1.96. The monoisotopic (exact) mass is 298 g/mol. The van der Waals surface area contributed by atoms with Crippen molar-refractivity contribution in [1.29, 1.82) is 0 Å². The molecule has 1 heterocycles. The summed E-state index contributed by atoms with van der Waals surface area (Å²) in [5, 5.41) is 10.9. The predicted molar refractivity (Wildman–Crippen MR) is 71.0 cm³/mol. The second-order valence-electron chi connectivity index (χ2n) is 4.57. The molecule has 0 aliphatic carbocycles. The van der Waals surface area contributed by atoms with Gasteiger partial charge in [-0.3, -0.25) is 14.9 Å². The summed E-state index contributed by atoms with van der Waals surface area (Å²) < 4.78 is 24.3. The van der Waals surface area contributed by atoms with Crippen molar-refractivity contribution in [2.24, 2.45) is 0 Å². The number of nitro benzene ring substituents is 1. The van der Waals surface area contributed by atoms with E-state index >= 15 is 0 Å². The van der Waals surface area contributed by atoms with E-state index in [1.807, 2.05) is 0 Å². The van der Waals surface area contributed by atoms with Crippen LogP contribution >= 0.6 is 0 Å². The lowest BCUT2D eigenvalue weighted by Gasteiger charge is -2.15. The largest absolute Gasteiger partial charge is 0.342 e. The van der Waals surface area contributed by atoms with Gasteiger partial charge in [-0.1, -0.05) is 12.1 Å². The number of hydrogen-bond acceptors (Lipinski definition) is 5. The zero-order valence-corrected chi connectivity index (χ0v) is 11.5. The van der Waals surface area contributed by atoms with Gasteiger partial charge in [-0.05, 0) is 18.9 Å². The van der Waals surface area contributed by atoms with E-state index in [1.54, 1.807) is 0 Å². The summed E-state index contributed by atoms with van der Waals surface area (Å²) in [4.78, 5) is 23.1. The Morgan fingerprint density at radius 1 is 1.25 bits per heavy atom. The van der Waals surface area contributed by atoms with Gasteiger partial charge in [0.2, 0.25) is 5.91 Å². The Morgan fingerprint density at radius 2 is 1.85 bits per heavy atom. The molecule has 1 aliphatic rings. The molecule has 0 aromatic heterocycles. The van der Waals surface area contributed by atoms with Gasteiger partial charge in [-0.15, -0.1) is 0 Å². The van der Waals surface area contributed by atoms with E-state index in [9.17, 15) is 23.3 Å². The number of amides is 1. The fourth-order valence-electron chi connectivity index (χ4n) is 2.17. The molecule has 1 fully saturated rings. The summed E-state index contributed by atoms with van der Waals surface area (Å²) >= 11 is 0. The third-order valence-corrected chi connectivity index (χ3v) is 4.81. The molecule has 8 heteroatoms. The number of carbonyl (C=O) groups excluding carboxylic acids is 1. The predicted octanol–water partition coefficient (Wildman–Crippen LogP) is 0.991. The molecular formula is C12H14N2O5S. The SMILES string of the molecule is O=C(CS(=O)(=O)c1ccccc1[N+](=O)[O-])N1CCCC1. The second-order valence-corrected chi connectivity index (χ2v) is 6.53. The zero-order valence-electron chi connectivity index (χ0n) is 10.7. The van der Waals surface area contributed by atoms with Gasteiger partial charge in [0.25, 0.3) is 5.69 Å². The highest BCUT2D eigenvalue weighted by Gasteiger charge is 2.30. The first-order chi connectivity index (χ1) is 9.42. The lowest BCUT2D eigenvalue weighted by molar-refractivity contribution is -0.387. The summed E-state index contributed by atoms with van der Waals surface area (Å²) in [6.45, 7) is 1.09. The van der Waals surface area contributed by atoms with E-state index in [-0.39, 0.29) is 0 Å². The number of nitro groups is 1. The van der Waals surface area contributed by atoms with Gasteiger partial charge in [0.15, 0.2) is 9.84 Å². The van der Waals surface area contributed by atoms with Gasteiger partial charge in [-0.2, -0.15) is 0 Å². The highest BCUT2D eigenvalue weighted by atomic mass is 32.2. The molecule has 0 unspecified atom stereocenters. The van der Waals surface area contributed by atoms with Crippen molar-refractivity contribution in [3.63, 3.8) is 0 Å². The van der Waals surface area contributed by atoms with Crippen LogP contribution in [0.5, 0.6) is 0 Å². The summed E-state index contributed by atoms with van der Waals surface area (Å²) in [5.74, 6) is -1.22. The molecule has 1 saturated heterocycles. The number of rotatable bonds is 4. The highest BCUT2D eigenvalue weighted by Crippen LogP contribution is 2.24. The summed E-state index contributed by atoms with van der Waals surface area (Å²) in [5.41, 5.74) is -0.498. The zero-order chi connectivity index (χ0) is 14.8. The fourth-order valence-corrected chi connectivity index (χ4v) is 3.58. The first-order valence-electron chi connectivity index (χ1n) is 6.16. The molecule has 1 amide bonds. The van der Waals surface area contributed by atoms with E-state index in [4.69, 9.17) is 0 Å². The maximum Gasteiger partial charge on any atom is 0.287 e. The van der Waals surface area contributed by atoms with Crippen molar-refractivity contribution in [3.05, 3.63) is 34.4 Å². The number of benzene rings is 1. The van der Waals surface area contributed by atoms with Crippen LogP contribution in [0.25, 0.3) is 0 Å². The van der Waals surface area contributed by atoms with Crippen LogP contribution in [-0.4, -0.2) is 43.0 Å². The molecule has 108 valence electrons. The smallest absolute Gasteiger partial charge is 0.287 e. The highest BCUT2D eigenvalue weighted by molar-refractivity contribution is 7.92. The van der Waals surface area contributed by atoms with Gasteiger partial charge >= 0.3 is 0 Å². The first-order valence-corrected chi connectivity index (χ1v) is 7.81. The molecule has 1 aromatic carbocycles. The van der Waals surface area contributed by atoms with Crippen LogP contribution in [0.4, 0.5) is 5.69 Å². The van der Waals surface area contributed by atoms with Gasteiger partial charge in [-0.25, -0.2) is 8.42 Å². The van der Waals surface area contributed by atoms with Crippen LogP contribution < -0.4 is 0 Å². The van der Waals surface area contributed by atoms with Crippen molar-refractivity contribution >= 4 is 21.4 Å². The first kappa shape index (κ1) is 14.4. The maximum absolute atomic E-state index is 12.2. The standard InChI is InChI=1S/C12H14N2O5S/c15-12(13-7-3-4-8-13)9-20(18,19)11-6-2-1-5-10(11)14(16)17/h1-2,5-6H,3-4,7-9H2. The maximum atomic E-state index is 12.2. The van der Waals surface area contributed by atoms with Crippen molar-refractivity contribution in [3.8, 4) is 0 Å². The molecule has 2 rings (SSSR count). The minimum Gasteiger partial charge on any atom is -0.342 e. The van der Waals surface area contributed by atoms with E-state index in [0.29, 0.717) is 13.1 Å². The Balaban J connectivity index is 2.26. The van der Waals surface area contributed by atoms with Crippen molar-refractivity contribution in [1.82, 2.24) is 4.90 Å². The summed E-state index contributed by atoms with van der Waals surface area (Å²) in [6, 6.07) is 5.07. The molecular weight excluding hydrogens is 284 g/mol. The summed E-state index contributed by atoms with van der Waals surface area (Å²) in [6.07, 6.45) is 1.72. The quantitative estimate of drug-likeness (QED) is 0.610. The number of nitrogens with zero attached hydrogens (tertiary/aromatic N) is 2. The van der Waals surface area contributed by atoms with Crippen LogP contribution in [0.2, 0.25) is 0 Å². The van der Waals surface area contributed by atoms with Gasteiger partial charge < -0.3 is 4.90 Å². The third-order valence-electron chi connectivity index (χ3n) is 3.17. The van der Waals surface area contributed by atoms with Gasteiger partial charge in [0.05, 0.1) is 4.92 Å². The van der Waals surface area contributed by atoms with Gasteiger partial charge in [0.1, 0.15) is 10.6 Å². The molecule has 0 atom stereocenters. The lowest BCUT2D eigenvalue weighted by atomic mass is 10.3. The molecule has 1 aromatic rings. The number of hydrogen-bond donors (Lipinski definition) is 0. The van der Waals surface area contributed by atoms with Crippen LogP contribution in [0.3, 0.4) is 0 Å². The van der Waals surface area contributed by atoms with Crippen molar-refractivity contribution in [2.45, 2.75) is 17.7 Å². The number of carbonyl (C=O) groups is 1. The summed E-state index contributed by atoms with van der Waals surface area (Å²) in [7, 11) is -4.01. The topological polar surface area (TPSA) is 97.6 Å². The average molecular weight is 298 g/mol. The molecule has 0 bridgehead atoms. The second kappa shape index (κ2) is 5.58. The van der Waals surface area contributed by atoms with E-state index in [0.717, 1.165) is 25.0 Å². The van der Waals surface area contributed by atoms with E-state index in [2.05, 4.69) is 0 Å². The average Bonchev–Trinajstić information content (AvgIpc) is 2.92. The Bertz CT molecular complexity index is 635. The molecule has 1 aliphatic heterocycles. The van der Waals surface area contributed by atoms with E-state index in [1.165, 1.54) is 17.0 Å². The molecule has 20 heavy (non-hydrogen) atoms. The van der Waals surface area contributed by atoms with Crippen LogP contribution in [0, 0.1) is 10.1 Å². The van der Waals surface area contributed by atoms with Crippen LogP contribution in [-0.2, 0) is 14.6 Å². The minimum atomic E-state index is -4.01. The van der Waals surface area contributed by atoms with Crippen LogP contribution in [0.1, 0.15) is 12.8 Å². The molecule has 7 nitrogen and oxygen atoms in total. The van der Waals surface area contributed by atoms with Crippen molar-refractivity contribution in [2.75, 3.05) is 18.8 Å². The Labute approximate surface area is 116 Å². The molecule has 0 radical (unpaired) electrons. The molecule has 0 N–H and O–H groups in total. The number of para-hydroxylation sites is 1. The molecule has 0 spiro atoms.